The lowest BCUT2D eigenvalue weighted by molar-refractivity contribution is -0.384. The van der Waals surface area contributed by atoms with E-state index >= 15 is 0 Å². The molecule has 0 unspecified atom stereocenters. The van der Waals surface area contributed by atoms with Crippen LogP contribution >= 0.6 is 0 Å². The molecule has 0 aliphatic carbocycles. The maximum Gasteiger partial charge on any atom is 0.270 e. The van der Waals surface area contributed by atoms with Crippen molar-refractivity contribution in [3.05, 3.63) is 81.8 Å². The molecule has 1 heterocycles. The Morgan fingerprint density at radius 2 is 1.89 bits per heavy atom. The van der Waals surface area contributed by atoms with E-state index in [-0.39, 0.29) is 22.6 Å². The van der Waals surface area contributed by atoms with Crippen molar-refractivity contribution >= 4 is 17.0 Å². The number of rotatable bonds is 6. The highest BCUT2D eigenvalue weighted by atomic mass is 16.6. The topological polar surface area (TPSA) is 107 Å². The van der Waals surface area contributed by atoms with E-state index in [0.29, 0.717) is 5.69 Å². The van der Waals surface area contributed by atoms with E-state index in [1.165, 1.54) is 28.9 Å². The second-order valence-corrected chi connectivity index (χ2v) is 6.39. The fraction of sp³-hybridized carbons (Fsp3) is 0.158. The Hall–Kier alpha value is -3.88. The fourth-order valence-corrected chi connectivity index (χ4v) is 2.61. The molecule has 0 amide bonds. The minimum atomic E-state index is -0.539. The van der Waals surface area contributed by atoms with Crippen molar-refractivity contribution in [2.75, 3.05) is 14.1 Å². The lowest BCUT2D eigenvalue weighted by Crippen LogP contribution is -2.13. The Balaban J connectivity index is 2.09. The number of Topliss-reactive ketones (excluding diaryl/α,β-unsaturated/α-hetero) is 1. The molecule has 0 bridgehead atoms. The maximum atomic E-state index is 13.2. The summed E-state index contributed by atoms with van der Waals surface area (Å²) in [7, 11) is 3.53. The third-order valence-electron chi connectivity index (χ3n) is 3.94. The van der Waals surface area contributed by atoms with E-state index in [9.17, 15) is 14.9 Å². The Labute approximate surface area is 161 Å². The Bertz CT molecular complexity index is 1050. The summed E-state index contributed by atoms with van der Waals surface area (Å²) in [6, 6.07) is 13.1. The zero-order valence-corrected chi connectivity index (χ0v) is 15.6. The number of carbonyl (C=O) groups is 1. The van der Waals surface area contributed by atoms with E-state index in [2.05, 4.69) is 15.5 Å². The number of nitro groups is 1. The molecule has 9 heteroatoms. The Kier molecular flexibility index (Phi) is 5.25. The van der Waals surface area contributed by atoms with Crippen LogP contribution in [0.1, 0.15) is 21.7 Å². The molecule has 0 radical (unpaired) electrons. The number of ketones is 1. The van der Waals surface area contributed by atoms with Crippen molar-refractivity contribution in [2.45, 2.75) is 6.92 Å². The predicted octanol–water partition coefficient (Wildman–Crippen LogP) is 2.66. The van der Waals surface area contributed by atoms with Crippen LogP contribution in [0.15, 0.2) is 54.7 Å². The highest BCUT2D eigenvalue weighted by Gasteiger charge is 2.23. The number of hydrogen-bond acceptors (Lipinski definition) is 7. The van der Waals surface area contributed by atoms with Crippen molar-refractivity contribution < 1.29 is 9.72 Å². The first-order valence-electron chi connectivity index (χ1n) is 8.40. The molecule has 0 N–H and O–H groups in total. The second kappa shape index (κ2) is 7.78. The lowest BCUT2D eigenvalue weighted by atomic mass is 10.0. The van der Waals surface area contributed by atoms with Crippen LogP contribution in [0.5, 0.6) is 0 Å². The first-order chi connectivity index (χ1) is 13.4. The van der Waals surface area contributed by atoms with Gasteiger partial charge in [-0.2, -0.15) is 4.68 Å². The summed E-state index contributed by atoms with van der Waals surface area (Å²) in [5.74, 6) is -0.172. The van der Waals surface area contributed by atoms with Gasteiger partial charge in [-0.25, -0.2) is 0 Å². The monoisotopic (exact) mass is 378 g/mol. The molecule has 0 saturated heterocycles. The molecule has 0 saturated carbocycles. The summed E-state index contributed by atoms with van der Waals surface area (Å²) in [6.45, 7) is 1.97. The molecular formula is C19H18N6O3. The van der Waals surface area contributed by atoms with Crippen LogP contribution in [0.4, 0.5) is 5.69 Å². The van der Waals surface area contributed by atoms with Crippen molar-refractivity contribution in [3.63, 3.8) is 0 Å². The number of nitro benzene ring substituents is 1. The number of non-ortho nitro benzene ring substituents is 1. The van der Waals surface area contributed by atoms with Gasteiger partial charge in [0, 0.05) is 38.0 Å². The van der Waals surface area contributed by atoms with Crippen molar-refractivity contribution in [3.8, 4) is 5.69 Å². The average molecular weight is 378 g/mol. The summed E-state index contributed by atoms with van der Waals surface area (Å²) < 4.78 is 1.46. The van der Waals surface area contributed by atoms with Gasteiger partial charge in [0.05, 0.1) is 16.2 Å². The molecule has 0 aliphatic rings. The number of aryl methyl sites for hydroxylation is 1. The largest absolute Gasteiger partial charge is 0.383 e. The molecule has 0 fully saturated rings. The highest BCUT2D eigenvalue weighted by Crippen LogP contribution is 2.23. The van der Waals surface area contributed by atoms with Crippen LogP contribution in [-0.2, 0) is 0 Å². The number of benzene rings is 2. The molecule has 1 aromatic heterocycles. The van der Waals surface area contributed by atoms with Crippen molar-refractivity contribution in [1.29, 1.82) is 0 Å². The van der Waals surface area contributed by atoms with Crippen LogP contribution in [0, 0.1) is 17.0 Å². The first-order valence-corrected chi connectivity index (χ1v) is 8.40. The Morgan fingerprint density at radius 1 is 1.18 bits per heavy atom. The summed E-state index contributed by atoms with van der Waals surface area (Å²) >= 11 is 0. The molecule has 28 heavy (non-hydrogen) atoms. The fourth-order valence-electron chi connectivity index (χ4n) is 2.61. The normalized spacial score (nSPS) is 11.3. The Morgan fingerprint density at radius 3 is 2.54 bits per heavy atom. The van der Waals surface area contributed by atoms with Gasteiger partial charge in [0.25, 0.3) is 5.69 Å². The van der Waals surface area contributed by atoms with Gasteiger partial charge in [0.2, 0.25) is 0 Å². The van der Waals surface area contributed by atoms with Crippen LogP contribution in [0.25, 0.3) is 11.3 Å². The van der Waals surface area contributed by atoms with Gasteiger partial charge in [0.1, 0.15) is 0 Å². The first kappa shape index (κ1) is 18.9. The third kappa shape index (κ3) is 3.93. The molecule has 0 aliphatic heterocycles. The minimum Gasteiger partial charge on any atom is -0.383 e. The highest BCUT2D eigenvalue weighted by molar-refractivity contribution is 6.28. The van der Waals surface area contributed by atoms with Crippen LogP contribution in [0.3, 0.4) is 0 Å². The van der Waals surface area contributed by atoms with Crippen LogP contribution in [0.2, 0.25) is 0 Å². The molecule has 0 spiro atoms. The number of aromatic nitrogens is 4. The molecule has 2 aromatic carbocycles. The molecule has 3 rings (SSSR count). The number of nitrogens with zero attached hydrogens (tertiary/aromatic N) is 6. The predicted molar refractivity (Wildman–Crippen MR) is 103 cm³/mol. The van der Waals surface area contributed by atoms with Crippen LogP contribution < -0.4 is 0 Å². The second-order valence-electron chi connectivity index (χ2n) is 6.39. The molecule has 0 atom stereocenters. The van der Waals surface area contributed by atoms with Gasteiger partial charge in [-0.1, -0.05) is 29.8 Å². The van der Waals surface area contributed by atoms with E-state index < -0.39 is 10.7 Å². The molecule has 3 aromatic rings. The van der Waals surface area contributed by atoms with E-state index in [0.717, 1.165) is 5.56 Å². The number of carbonyl (C=O) groups excluding carboxylic acids is 1. The van der Waals surface area contributed by atoms with E-state index in [1.54, 1.807) is 25.2 Å². The van der Waals surface area contributed by atoms with Crippen molar-refractivity contribution in [1.82, 2.24) is 25.1 Å². The van der Waals surface area contributed by atoms with E-state index in [4.69, 9.17) is 0 Å². The maximum absolute atomic E-state index is 13.2. The van der Waals surface area contributed by atoms with Crippen molar-refractivity contribution in [2.24, 2.45) is 0 Å². The number of hydrogen-bond donors (Lipinski definition) is 0. The summed E-state index contributed by atoms with van der Waals surface area (Å²) in [4.78, 5) is 25.4. The SMILES string of the molecule is Cc1ccc(-n2nnnc2C(=CN(C)C)C(=O)c2cccc([N+](=O)[O-])c2)cc1. The molecule has 142 valence electrons. The van der Waals surface area contributed by atoms with Crippen LogP contribution in [-0.4, -0.2) is 49.9 Å². The minimum absolute atomic E-state index is 0.159. The number of allylic oxidation sites excluding steroid dienone is 1. The van der Waals surface area contributed by atoms with E-state index in [1.807, 2.05) is 31.2 Å². The number of tetrazole rings is 1. The molecule has 9 nitrogen and oxygen atoms in total. The van der Waals surface area contributed by atoms with Gasteiger partial charge >= 0.3 is 0 Å². The summed E-state index contributed by atoms with van der Waals surface area (Å²) in [5.41, 5.74) is 2.02. The van der Waals surface area contributed by atoms with Gasteiger partial charge in [-0.3, -0.25) is 14.9 Å². The summed E-state index contributed by atoms with van der Waals surface area (Å²) in [6.07, 6.45) is 1.59. The van der Waals surface area contributed by atoms with Gasteiger partial charge in [-0.05, 0) is 29.5 Å². The lowest BCUT2D eigenvalue weighted by Gasteiger charge is -2.12. The zero-order valence-electron chi connectivity index (χ0n) is 15.6. The average Bonchev–Trinajstić information content (AvgIpc) is 3.15. The zero-order chi connectivity index (χ0) is 20.3. The standard InChI is InChI=1S/C19H18N6O3/c1-13-7-9-15(10-8-13)24-19(20-21-22-24)17(12-23(2)3)18(26)14-5-4-6-16(11-14)25(27)28/h4-12H,1-3H3. The van der Waals surface area contributed by atoms with Gasteiger partial charge in [-0.15, -0.1) is 5.10 Å². The quantitative estimate of drug-likeness (QED) is 0.281. The smallest absolute Gasteiger partial charge is 0.270 e. The van der Waals surface area contributed by atoms with Gasteiger partial charge < -0.3 is 4.90 Å². The third-order valence-corrected chi connectivity index (χ3v) is 3.94. The molecular weight excluding hydrogens is 360 g/mol. The van der Waals surface area contributed by atoms with Gasteiger partial charge in [0.15, 0.2) is 11.6 Å². The summed E-state index contributed by atoms with van der Waals surface area (Å²) in [5, 5.41) is 22.8.